The van der Waals surface area contributed by atoms with Gasteiger partial charge in [-0.3, -0.25) is 4.79 Å². The van der Waals surface area contributed by atoms with Crippen molar-refractivity contribution >= 4 is 28.6 Å². The van der Waals surface area contributed by atoms with Crippen LogP contribution in [0.4, 0.5) is 0 Å². The lowest BCUT2D eigenvalue weighted by atomic mass is 10.2. The molecule has 0 spiro atoms. The minimum atomic E-state index is -0.0453. The zero-order chi connectivity index (χ0) is 14.4. The van der Waals surface area contributed by atoms with E-state index in [1.807, 2.05) is 29.6 Å². The van der Waals surface area contributed by atoms with Crippen molar-refractivity contribution in [2.75, 3.05) is 6.54 Å². The van der Waals surface area contributed by atoms with Gasteiger partial charge in [-0.25, -0.2) is 0 Å². The number of carbonyl (C=O) groups is 1. The van der Waals surface area contributed by atoms with E-state index in [-0.39, 0.29) is 11.9 Å². The lowest BCUT2D eigenvalue weighted by molar-refractivity contribution is 0.0940. The minimum Gasteiger partial charge on any atom is -0.344 e. The van der Waals surface area contributed by atoms with E-state index in [1.54, 1.807) is 11.3 Å². The Morgan fingerprint density at radius 3 is 2.95 bits per heavy atom. The van der Waals surface area contributed by atoms with Crippen molar-refractivity contribution in [1.29, 1.82) is 0 Å². The molecule has 20 heavy (non-hydrogen) atoms. The normalized spacial score (nSPS) is 11.5. The third kappa shape index (κ3) is 3.70. The van der Waals surface area contributed by atoms with Gasteiger partial charge in [0.25, 0.3) is 5.91 Å². The van der Waals surface area contributed by atoms with Crippen LogP contribution in [0.25, 0.3) is 0 Å². The SMILES string of the molecule is CCC(NC(=O)c1ccc(C#CCN)s1)c1cccs1. The first-order valence-corrected chi connectivity index (χ1v) is 8.07. The molecule has 1 unspecified atom stereocenters. The maximum Gasteiger partial charge on any atom is 0.261 e. The molecule has 2 aromatic heterocycles. The monoisotopic (exact) mass is 304 g/mol. The van der Waals surface area contributed by atoms with E-state index in [0.29, 0.717) is 11.4 Å². The second-order valence-corrected chi connectivity index (χ2v) is 6.18. The molecule has 5 heteroatoms. The number of nitrogens with two attached hydrogens (primary N) is 1. The number of carbonyl (C=O) groups excluding carboxylic acids is 1. The first kappa shape index (κ1) is 14.8. The van der Waals surface area contributed by atoms with Crippen LogP contribution < -0.4 is 11.1 Å². The van der Waals surface area contributed by atoms with Crippen molar-refractivity contribution in [3.8, 4) is 11.8 Å². The van der Waals surface area contributed by atoms with Crippen LogP contribution in [0.1, 0.15) is 38.8 Å². The summed E-state index contributed by atoms with van der Waals surface area (Å²) in [6.45, 7) is 2.40. The average Bonchev–Trinajstić information content (AvgIpc) is 3.13. The summed E-state index contributed by atoms with van der Waals surface area (Å²) >= 11 is 3.05. The fourth-order valence-corrected chi connectivity index (χ4v) is 3.40. The second-order valence-electron chi connectivity index (χ2n) is 4.12. The molecular formula is C15H16N2OS2. The third-order valence-corrected chi connectivity index (χ3v) is 4.73. The van der Waals surface area contributed by atoms with Crippen molar-refractivity contribution in [1.82, 2.24) is 5.32 Å². The molecule has 0 saturated heterocycles. The van der Waals surface area contributed by atoms with Crippen LogP contribution in [0.15, 0.2) is 29.6 Å². The highest BCUT2D eigenvalue weighted by atomic mass is 32.1. The van der Waals surface area contributed by atoms with E-state index in [2.05, 4.69) is 24.1 Å². The van der Waals surface area contributed by atoms with Crippen LogP contribution in [0, 0.1) is 11.8 Å². The summed E-state index contributed by atoms with van der Waals surface area (Å²) in [5.41, 5.74) is 5.33. The van der Waals surface area contributed by atoms with Gasteiger partial charge in [-0.05, 0) is 30.0 Å². The van der Waals surface area contributed by atoms with Crippen LogP contribution in [-0.2, 0) is 0 Å². The van der Waals surface area contributed by atoms with E-state index in [9.17, 15) is 4.79 Å². The maximum absolute atomic E-state index is 12.2. The van der Waals surface area contributed by atoms with Crippen LogP contribution in [0.5, 0.6) is 0 Å². The molecule has 0 aliphatic rings. The molecular weight excluding hydrogens is 288 g/mol. The van der Waals surface area contributed by atoms with Crippen molar-refractivity contribution in [2.45, 2.75) is 19.4 Å². The molecule has 0 fully saturated rings. The van der Waals surface area contributed by atoms with E-state index >= 15 is 0 Å². The fraction of sp³-hybridized carbons (Fsp3) is 0.267. The molecule has 1 atom stereocenters. The standard InChI is InChI=1S/C15H16N2OS2/c1-2-12(13-6-4-10-19-13)17-15(18)14-8-7-11(20-14)5-3-9-16/h4,6-8,10,12H,2,9,16H2,1H3,(H,17,18). The Kier molecular flexibility index (Phi) is 5.36. The third-order valence-electron chi connectivity index (χ3n) is 2.74. The van der Waals surface area contributed by atoms with Crippen LogP contribution in [0.2, 0.25) is 0 Å². The van der Waals surface area contributed by atoms with Crippen molar-refractivity contribution in [3.63, 3.8) is 0 Å². The van der Waals surface area contributed by atoms with Gasteiger partial charge in [0.2, 0.25) is 0 Å². The number of nitrogens with one attached hydrogen (secondary N) is 1. The summed E-state index contributed by atoms with van der Waals surface area (Å²) in [5.74, 6) is 5.68. The number of rotatable bonds is 4. The molecule has 0 aromatic carbocycles. The summed E-state index contributed by atoms with van der Waals surface area (Å²) in [5, 5.41) is 5.09. The number of hydrogen-bond donors (Lipinski definition) is 2. The zero-order valence-corrected chi connectivity index (χ0v) is 12.8. The first-order valence-electron chi connectivity index (χ1n) is 6.37. The molecule has 0 aliphatic carbocycles. The van der Waals surface area contributed by atoms with Gasteiger partial charge in [-0.2, -0.15) is 0 Å². The highest BCUT2D eigenvalue weighted by Crippen LogP contribution is 2.23. The predicted molar refractivity (Wildman–Crippen MR) is 85.1 cm³/mol. The highest BCUT2D eigenvalue weighted by molar-refractivity contribution is 7.14. The molecule has 1 amide bonds. The van der Waals surface area contributed by atoms with Gasteiger partial charge in [-0.15, -0.1) is 22.7 Å². The second kappa shape index (κ2) is 7.25. The Bertz CT molecular complexity index is 620. The molecule has 0 bridgehead atoms. The Labute approximate surface area is 126 Å². The number of thiophene rings is 2. The topological polar surface area (TPSA) is 55.1 Å². The number of amides is 1. The smallest absolute Gasteiger partial charge is 0.261 e. The molecule has 0 aliphatic heterocycles. The molecule has 2 aromatic rings. The Balaban J connectivity index is 2.05. The first-order chi connectivity index (χ1) is 9.74. The fourth-order valence-electron chi connectivity index (χ4n) is 1.76. The summed E-state index contributed by atoms with van der Waals surface area (Å²) in [6, 6.07) is 7.78. The summed E-state index contributed by atoms with van der Waals surface area (Å²) in [4.78, 5) is 15.0. The van der Waals surface area contributed by atoms with Gasteiger partial charge in [0, 0.05) is 4.88 Å². The quantitative estimate of drug-likeness (QED) is 0.853. The van der Waals surface area contributed by atoms with Gasteiger partial charge in [0.1, 0.15) is 0 Å². The molecule has 3 N–H and O–H groups in total. The molecule has 0 saturated carbocycles. The van der Waals surface area contributed by atoms with E-state index in [1.165, 1.54) is 16.2 Å². The maximum atomic E-state index is 12.2. The lowest BCUT2D eigenvalue weighted by Gasteiger charge is -2.14. The minimum absolute atomic E-state index is 0.0453. The van der Waals surface area contributed by atoms with Gasteiger partial charge < -0.3 is 11.1 Å². The number of hydrogen-bond acceptors (Lipinski definition) is 4. The molecule has 3 nitrogen and oxygen atoms in total. The molecule has 104 valence electrons. The zero-order valence-electron chi connectivity index (χ0n) is 11.2. The predicted octanol–water partition coefficient (Wildman–Crippen LogP) is 3.00. The van der Waals surface area contributed by atoms with E-state index in [4.69, 9.17) is 5.73 Å². The van der Waals surface area contributed by atoms with Gasteiger partial charge >= 0.3 is 0 Å². The van der Waals surface area contributed by atoms with Crippen molar-refractivity contribution in [2.24, 2.45) is 5.73 Å². The van der Waals surface area contributed by atoms with Crippen LogP contribution in [-0.4, -0.2) is 12.5 Å². The Morgan fingerprint density at radius 2 is 2.30 bits per heavy atom. The summed E-state index contributed by atoms with van der Waals surface area (Å²) in [6.07, 6.45) is 0.872. The van der Waals surface area contributed by atoms with Crippen molar-refractivity contribution < 1.29 is 4.79 Å². The molecule has 2 rings (SSSR count). The van der Waals surface area contributed by atoms with Gasteiger partial charge in [0.05, 0.1) is 22.3 Å². The molecule has 0 radical (unpaired) electrons. The van der Waals surface area contributed by atoms with E-state index in [0.717, 1.165) is 11.3 Å². The Hall–Kier alpha value is -1.61. The Morgan fingerprint density at radius 1 is 1.45 bits per heavy atom. The summed E-state index contributed by atoms with van der Waals surface area (Å²) < 4.78 is 0. The highest BCUT2D eigenvalue weighted by Gasteiger charge is 2.16. The van der Waals surface area contributed by atoms with E-state index < -0.39 is 0 Å². The van der Waals surface area contributed by atoms with Crippen LogP contribution >= 0.6 is 22.7 Å². The van der Waals surface area contributed by atoms with Crippen LogP contribution in [0.3, 0.4) is 0 Å². The van der Waals surface area contributed by atoms with Crippen molar-refractivity contribution in [3.05, 3.63) is 44.3 Å². The largest absolute Gasteiger partial charge is 0.344 e. The summed E-state index contributed by atoms with van der Waals surface area (Å²) in [7, 11) is 0. The lowest BCUT2D eigenvalue weighted by Crippen LogP contribution is -2.26. The average molecular weight is 304 g/mol. The molecule has 2 heterocycles. The van der Waals surface area contributed by atoms with Gasteiger partial charge in [0.15, 0.2) is 0 Å². The van der Waals surface area contributed by atoms with Gasteiger partial charge in [-0.1, -0.05) is 24.8 Å².